The van der Waals surface area contributed by atoms with Crippen molar-refractivity contribution in [3.63, 3.8) is 0 Å². The molecule has 1 aromatic heterocycles. The van der Waals surface area contributed by atoms with Crippen molar-refractivity contribution in [2.24, 2.45) is 0 Å². The van der Waals surface area contributed by atoms with Crippen molar-refractivity contribution in [1.29, 1.82) is 0 Å². The van der Waals surface area contributed by atoms with Crippen molar-refractivity contribution < 1.29 is 0 Å². The molecule has 0 aliphatic heterocycles. The molecule has 1 unspecified atom stereocenters. The monoisotopic (exact) mass is 212 g/mol. The van der Waals surface area contributed by atoms with E-state index in [1.54, 1.807) is 11.8 Å². The Balaban J connectivity index is 2.63. The maximum atomic E-state index is 4.30. The molecule has 0 radical (unpaired) electrons. The molecule has 0 fully saturated rings. The van der Waals surface area contributed by atoms with Crippen molar-refractivity contribution in [2.45, 2.75) is 26.8 Å². The van der Waals surface area contributed by atoms with Gasteiger partial charge in [0.1, 0.15) is 0 Å². The van der Waals surface area contributed by atoms with E-state index in [4.69, 9.17) is 0 Å². The summed E-state index contributed by atoms with van der Waals surface area (Å²) < 4.78 is 0. The summed E-state index contributed by atoms with van der Waals surface area (Å²) >= 11 is 1.80. The van der Waals surface area contributed by atoms with Crippen LogP contribution in [0.4, 0.5) is 5.95 Å². The third-order valence-corrected chi connectivity index (χ3v) is 2.72. The first-order chi connectivity index (χ1) is 6.63. The SMILES string of the molecule is CSCC(C)Nc1nnc(C)c(C)n1. The van der Waals surface area contributed by atoms with Gasteiger partial charge in [0.05, 0.1) is 11.4 Å². The third kappa shape index (κ3) is 3.14. The van der Waals surface area contributed by atoms with Crippen LogP contribution >= 0.6 is 11.8 Å². The van der Waals surface area contributed by atoms with Gasteiger partial charge < -0.3 is 5.32 Å². The molecule has 0 spiro atoms. The Bertz CT molecular complexity index is 303. The van der Waals surface area contributed by atoms with E-state index in [-0.39, 0.29) is 0 Å². The molecule has 1 heterocycles. The largest absolute Gasteiger partial charge is 0.350 e. The Kier molecular flexibility index (Phi) is 4.13. The standard InChI is InChI=1S/C9H16N4S/c1-6(5-14-4)10-9-11-7(2)8(3)12-13-9/h6H,5H2,1-4H3,(H,10,11,13). The molecular weight excluding hydrogens is 196 g/mol. The average molecular weight is 212 g/mol. The Morgan fingerprint density at radius 1 is 1.29 bits per heavy atom. The molecule has 4 nitrogen and oxygen atoms in total. The molecule has 0 aliphatic rings. The molecule has 1 rings (SSSR count). The fourth-order valence-corrected chi connectivity index (χ4v) is 1.61. The summed E-state index contributed by atoms with van der Waals surface area (Å²) in [5.74, 6) is 1.66. The number of aryl methyl sites for hydroxylation is 2. The lowest BCUT2D eigenvalue weighted by atomic mass is 10.4. The molecule has 0 saturated carbocycles. The average Bonchev–Trinajstić information content (AvgIpc) is 2.12. The zero-order chi connectivity index (χ0) is 10.6. The number of nitrogens with one attached hydrogen (secondary N) is 1. The molecule has 1 N–H and O–H groups in total. The topological polar surface area (TPSA) is 50.7 Å². The van der Waals surface area contributed by atoms with Gasteiger partial charge in [0.15, 0.2) is 0 Å². The summed E-state index contributed by atoms with van der Waals surface area (Å²) in [6.07, 6.45) is 2.08. The Morgan fingerprint density at radius 3 is 2.57 bits per heavy atom. The van der Waals surface area contributed by atoms with Crippen LogP contribution in [0.5, 0.6) is 0 Å². The van der Waals surface area contributed by atoms with Crippen LogP contribution in [0.1, 0.15) is 18.3 Å². The first kappa shape index (κ1) is 11.2. The predicted molar refractivity (Wildman–Crippen MR) is 60.8 cm³/mol. The fourth-order valence-electron chi connectivity index (χ4n) is 1.03. The van der Waals surface area contributed by atoms with Crippen molar-refractivity contribution in [2.75, 3.05) is 17.3 Å². The lowest BCUT2D eigenvalue weighted by Crippen LogP contribution is -2.20. The van der Waals surface area contributed by atoms with Gasteiger partial charge in [-0.2, -0.15) is 16.9 Å². The first-order valence-electron chi connectivity index (χ1n) is 4.57. The molecule has 0 aliphatic carbocycles. The van der Waals surface area contributed by atoms with Gasteiger partial charge in [0.25, 0.3) is 0 Å². The summed E-state index contributed by atoms with van der Waals surface area (Å²) in [7, 11) is 0. The fraction of sp³-hybridized carbons (Fsp3) is 0.667. The third-order valence-electron chi connectivity index (χ3n) is 1.88. The zero-order valence-corrected chi connectivity index (χ0v) is 9.85. The van der Waals surface area contributed by atoms with E-state index in [9.17, 15) is 0 Å². The maximum Gasteiger partial charge on any atom is 0.243 e. The molecule has 0 bridgehead atoms. The van der Waals surface area contributed by atoms with Crippen LogP contribution in [0.2, 0.25) is 0 Å². The van der Waals surface area contributed by atoms with Crippen LogP contribution in [0.15, 0.2) is 0 Å². The molecule has 14 heavy (non-hydrogen) atoms. The van der Waals surface area contributed by atoms with Crippen LogP contribution in [0.25, 0.3) is 0 Å². The van der Waals surface area contributed by atoms with Crippen LogP contribution in [-0.4, -0.2) is 33.2 Å². The minimum atomic E-state index is 0.369. The lowest BCUT2D eigenvalue weighted by Gasteiger charge is -2.11. The first-order valence-corrected chi connectivity index (χ1v) is 5.96. The second-order valence-electron chi connectivity index (χ2n) is 3.31. The van der Waals surface area contributed by atoms with E-state index >= 15 is 0 Å². The summed E-state index contributed by atoms with van der Waals surface area (Å²) in [4.78, 5) is 4.30. The number of anilines is 1. The highest BCUT2D eigenvalue weighted by molar-refractivity contribution is 7.98. The minimum absolute atomic E-state index is 0.369. The summed E-state index contributed by atoms with van der Waals surface area (Å²) in [5.41, 5.74) is 1.81. The molecule has 0 amide bonds. The highest BCUT2D eigenvalue weighted by Gasteiger charge is 2.04. The van der Waals surface area contributed by atoms with Crippen LogP contribution in [0.3, 0.4) is 0 Å². The van der Waals surface area contributed by atoms with Gasteiger partial charge in [-0.25, -0.2) is 4.98 Å². The van der Waals surface area contributed by atoms with E-state index in [2.05, 4.69) is 33.7 Å². The number of rotatable bonds is 4. The maximum absolute atomic E-state index is 4.30. The molecule has 5 heteroatoms. The molecular formula is C9H16N4S. The normalized spacial score (nSPS) is 12.6. The van der Waals surface area contributed by atoms with E-state index in [0.29, 0.717) is 12.0 Å². The second kappa shape index (κ2) is 5.14. The Labute approximate surface area is 88.9 Å². The number of hydrogen-bond acceptors (Lipinski definition) is 5. The molecule has 1 aromatic rings. The van der Waals surface area contributed by atoms with E-state index in [1.165, 1.54) is 0 Å². The van der Waals surface area contributed by atoms with Crippen LogP contribution in [0, 0.1) is 13.8 Å². The molecule has 0 saturated heterocycles. The predicted octanol–water partition coefficient (Wildman–Crippen LogP) is 1.65. The molecule has 1 atom stereocenters. The Hall–Kier alpha value is -0.840. The highest BCUT2D eigenvalue weighted by atomic mass is 32.2. The van der Waals surface area contributed by atoms with E-state index in [0.717, 1.165) is 17.1 Å². The summed E-state index contributed by atoms with van der Waals surface area (Å²) in [5, 5.41) is 11.2. The van der Waals surface area contributed by atoms with Crippen molar-refractivity contribution in [3.05, 3.63) is 11.4 Å². The minimum Gasteiger partial charge on any atom is -0.350 e. The van der Waals surface area contributed by atoms with Crippen molar-refractivity contribution >= 4 is 17.7 Å². The van der Waals surface area contributed by atoms with Gasteiger partial charge in [-0.15, -0.1) is 5.10 Å². The lowest BCUT2D eigenvalue weighted by molar-refractivity contribution is 0.836. The van der Waals surface area contributed by atoms with Gasteiger partial charge >= 0.3 is 0 Å². The summed E-state index contributed by atoms with van der Waals surface area (Å²) in [6, 6.07) is 0.369. The number of thioether (sulfide) groups is 1. The van der Waals surface area contributed by atoms with Gasteiger partial charge in [-0.05, 0) is 27.0 Å². The van der Waals surface area contributed by atoms with Crippen molar-refractivity contribution in [3.8, 4) is 0 Å². The number of hydrogen-bond donors (Lipinski definition) is 1. The number of nitrogens with zero attached hydrogens (tertiary/aromatic N) is 3. The highest BCUT2D eigenvalue weighted by Crippen LogP contribution is 2.05. The number of aromatic nitrogens is 3. The zero-order valence-electron chi connectivity index (χ0n) is 9.03. The van der Waals surface area contributed by atoms with Gasteiger partial charge in [-0.1, -0.05) is 0 Å². The van der Waals surface area contributed by atoms with Crippen LogP contribution < -0.4 is 5.32 Å². The van der Waals surface area contributed by atoms with Gasteiger partial charge in [0, 0.05) is 11.8 Å². The van der Waals surface area contributed by atoms with E-state index in [1.807, 2.05) is 13.8 Å². The van der Waals surface area contributed by atoms with E-state index < -0.39 is 0 Å². The van der Waals surface area contributed by atoms with Gasteiger partial charge in [0.2, 0.25) is 5.95 Å². The molecule has 0 aromatic carbocycles. The van der Waals surface area contributed by atoms with Gasteiger partial charge in [-0.3, -0.25) is 0 Å². The quantitative estimate of drug-likeness (QED) is 0.822. The smallest absolute Gasteiger partial charge is 0.243 e. The summed E-state index contributed by atoms with van der Waals surface area (Å²) in [6.45, 7) is 5.95. The van der Waals surface area contributed by atoms with Crippen molar-refractivity contribution in [1.82, 2.24) is 15.2 Å². The van der Waals surface area contributed by atoms with Crippen LogP contribution in [-0.2, 0) is 0 Å². The Morgan fingerprint density at radius 2 is 2.00 bits per heavy atom. The second-order valence-corrected chi connectivity index (χ2v) is 4.22. The molecule has 78 valence electrons.